The van der Waals surface area contributed by atoms with Gasteiger partial charge < -0.3 is 5.73 Å². The van der Waals surface area contributed by atoms with Crippen molar-refractivity contribution in [3.63, 3.8) is 0 Å². The van der Waals surface area contributed by atoms with E-state index in [1.54, 1.807) is 12.4 Å². The van der Waals surface area contributed by atoms with E-state index in [9.17, 15) is 4.79 Å². The molecule has 0 aliphatic heterocycles. The molecule has 0 bridgehead atoms. The minimum Gasteiger partial charge on any atom is -0.329 e. The van der Waals surface area contributed by atoms with Gasteiger partial charge >= 0.3 is 0 Å². The van der Waals surface area contributed by atoms with Crippen LogP contribution in [-0.2, 0) is 0 Å². The lowest BCUT2D eigenvalue weighted by molar-refractivity contribution is 0.0904. The number of rotatable bonds is 3. The number of aryl methyl sites for hydroxylation is 1. The van der Waals surface area contributed by atoms with Gasteiger partial charge in [-0.15, -0.1) is 0 Å². The summed E-state index contributed by atoms with van der Waals surface area (Å²) in [5.41, 5.74) is 7.08. The molecule has 3 heteroatoms. The number of carbonyl (C=O) groups excluding carboxylic acids is 1. The van der Waals surface area contributed by atoms with Gasteiger partial charge in [0.15, 0.2) is 5.78 Å². The monoisotopic (exact) mass is 190 g/mol. The first-order valence-electron chi connectivity index (χ1n) is 4.85. The zero-order valence-electron chi connectivity index (χ0n) is 8.29. The molecule has 1 aliphatic rings. The number of nitrogens with two attached hydrogens (primary N) is 1. The first kappa shape index (κ1) is 9.34. The molecular formula is C11H14N2O. The average molecular weight is 190 g/mol. The van der Waals surface area contributed by atoms with Crippen molar-refractivity contribution in [1.29, 1.82) is 0 Å². The van der Waals surface area contributed by atoms with Gasteiger partial charge in [-0.05, 0) is 31.4 Å². The predicted molar refractivity (Wildman–Crippen MR) is 54.0 cm³/mol. The van der Waals surface area contributed by atoms with Crippen molar-refractivity contribution in [3.05, 3.63) is 29.6 Å². The molecule has 2 N–H and O–H groups in total. The van der Waals surface area contributed by atoms with Gasteiger partial charge in [-0.3, -0.25) is 9.78 Å². The fourth-order valence-corrected chi connectivity index (χ4v) is 1.66. The van der Waals surface area contributed by atoms with Gasteiger partial charge in [0.2, 0.25) is 0 Å². The van der Waals surface area contributed by atoms with Gasteiger partial charge in [0.1, 0.15) is 0 Å². The molecule has 1 aromatic heterocycles. The van der Waals surface area contributed by atoms with Crippen molar-refractivity contribution in [2.75, 3.05) is 6.54 Å². The van der Waals surface area contributed by atoms with E-state index in [1.165, 1.54) is 0 Å². The average Bonchev–Trinajstić information content (AvgIpc) is 2.98. The Hall–Kier alpha value is -1.22. The number of Topliss-reactive ketones (excluding diaryl/α,β-unsaturated/α-hetero) is 1. The normalized spacial score (nSPS) is 17.9. The fourth-order valence-electron chi connectivity index (χ4n) is 1.66. The Kier molecular flexibility index (Phi) is 2.11. The van der Waals surface area contributed by atoms with Crippen LogP contribution in [0.2, 0.25) is 0 Å². The Balaban J connectivity index is 2.32. The molecule has 1 aliphatic carbocycles. The number of pyridine rings is 1. The van der Waals surface area contributed by atoms with E-state index in [0.29, 0.717) is 6.54 Å². The van der Waals surface area contributed by atoms with Gasteiger partial charge in [0.05, 0.1) is 0 Å². The molecule has 74 valence electrons. The van der Waals surface area contributed by atoms with Crippen molar-refractivity contribution in [2.24, 2.45) is 11.1 Å². The highest BCUT2D eigenvalue weighted by Gasteiger charge is 2.48. The second kappa shape index (κ2) is 3.17. The standard InChI is InChI=1S/C11H14N2O/c1-8-2-5-13-6-9(8)10(14)11(7-12)3-4-11/h2,5-6H,3-4,7,12H2,1H3. The topological polar surface area (TPSA) is 56.0 Å². The van der Waals surface area contributed by atoms with Crippen molar-refractivity contribution in [2.45, 2.75) is 19.8 Å². The van der Waals surface area contributed by atoms with Crippen LogP contribution in [0.3, 0.4) is 0 Å². The molecule has 0 amide bonds. The molecule has 0 radical (unpaired) electrons. The van der Waals surface area contributed by atoms with E-state index in [0.717, 1.165) is 24.0 Å². The Bertz CT molecular complexity index is 369. The van der Waals surface area contributed by atoms with Crippen molar-refractivity contribution >= 4 is 5.78 Å². The zero-order chi connectivity index (χ0) is 10.2. The van der Waals surface area contributed by atoms with Crippen LogP contribution in [0.15, 0.2) is 18.5 Å². The molecule has 0 atom stereocenters. The molecule has 1 heterocycles. The first-order chi connectivity index (χ1) is 6.69. The van der Waals surface area contributed by atoms with Gasteiger partial charge in [-0.25, -0.2) is 0 Å². The fraction of sp³-hybridized carbons (Fsp3) is 0.455. The van der Waals surface area contributed by atoms with Crippen LogP contribution in [-0.4, -0.2) is 17.3 Å². The predicted octanol–water partition coefficient (Wildman–Crippen LogP) is 1.31. The smallest absolute Gasteiger partial charge is 0.172 e. The molecule has 1 aromatic rings. The van der Waals surface area contributed by atoms with Crippen molar-refractivity contribution < 1.29 is 4.79 Å². The lowest BCUT2D eigenvalue weighted by Gasteiger charge is -2.11. The van der Waals surface area contributed by atoms with Gasteiger partial charge in [0.25, 0.3) is 0 Å². The van der Waals surface area contributed by atoms with Crippen molar-refractivity contribution in [3.8, 4) is 0 Å². The highest BCUT2D eigenvalue weighted by Crippen LogP contribution is 2.47. The highest BCUT2D eigenvalue weighted by molar-refractivity contribution is 6.03. The Morgan fingerprint density at radius 3 is 2.86 bits per heavy atom. The summed E-state index contributed by atoms with van der Waals surface area (Å²) in [7, 11) is 0. The summed E-state index contributed by atoms with van der Waals surface area (Å²) in [6.45, 7) is 2.39. The molecule has 3 nitrogen and oxygen atoms in total. The Morgan fingerprint density at radius 1 is 1.64 bits per heavy atom. The van der Waals surface area contributed by atoms with Crippen LogP contribution in [0.4, 0.5) is 0 Å². The maximum Gasteiger partial charge on any atom is 0.172 e. The summed E-state index contributed by atoms with van der Waals surface area (Å²) >= 11 is 0. The summed E-state index contributed by atoms with van der Waals surface area (Å²) in [4.78, 5) is 16.0. The minimum absolute atomic E-state index is 0.172. The van der Waals surface area contributed by atoms with Crippen LogP contribution in [0.5, 0.6) is 0 Å². The van der Waals surface area contributed by atoms with Crippen LogP contribution in [0.1, 0.15) is 28.8 Å². The Morgan fingerprint density at radius 2 is 2.36 bits per heavy atom. The van der Waals surface area contributed by atoms with Crippen LogP contribution < -0.4 is 5.73 Å². The van der Waals surface area contributed by atoms with E-state index >= 15 is 0 Å². The van der Waals surface area contributed by atoms with Crippen LogP contribution >= 0.6 is 0 Å². The summed E-state index contributed by atoms with van der Waals surface area (Å²) in [6.07, 6.45) is 5.20. The zero-order valence-corrected chi connectivity index (χ0v) is 8.29. The summed E-state index contributed by atoms with van der Waals surface area (Å²) < 4.78 is 0. The van der Waals surface area contributed by atoms with Crippen molar-refractivity contribution in [1.82, 2.24) is 4.98 Å². The lowest BCUT2D eigenvalue weighted by Crippen LogP contribution is -2.26. The third-order valence-corrected chi connectivity index (χ3v) is 3.01. The summed E-state index contributed by atoms with van der Waals surface area (Å²) in [5, 5.41) is 0. The largest absolute Gasteiger partial charge is 0.329 e. The van der Waals surface area contributed by atoms with Gasteiger partial charge in [-0.1, -0.05) is 0 Å². The second-order valence-corrected chi connectivity index (χ2v) is 4.00. The Labute approximate surface area is 83.3 Å². The number of nitrogens with zero attached hydrogens (tertiary/aromatic N) is 1. The van der Waals surface area contributed by atoms with E-state index in [-0.39, 0.29) is 11.2 Å². The van der Waals surface area contributed by atoms with Crippen LogP contribution in [0, 0.1) is 12.3 Å². The molecule has 14 heavy (non-hydrogen) atoms. The number of aromatic nitrogens is 1. The number of ketones is 1. The molecule has 0 spiro atoms. The maximum atomic E-state index is 12.1. The summed E-state index contributed by atoms with van der Waals surface area (Å²) in [6, 6.07) is 1.86. The molecule has 0 unspecified atom stereocenters. The third-order valence-electron chi connectivity index (χ3n) is 3.01. The number of hydrogen-bond donors (Lipinski definition) is 1. The number of hydrogen-bond acceptors (Lipinski definition) is 3. The van der Waals surface area contributed by atoms with E-state index in [2.05, 4.69) is 4.98 Å². The quantitative estimate of drug-likeness (QED) is 0.731. The van der Waals surface area contributed by atoms with E-state index in [1.807, 2.05) is 13.0 Å². The van der Waals surface area contributed by atoms with Gasteiger partial charge in [0, 0.05) is 29.9 Å². The summed E-state index contributed by atoms with van der Waals surface area (Å²) in [5.74, 6) is 0.172. The second-order valence-electron chi connectivity index (χ2n) is 4.00. The maximum absolute atomic E-state index is 12.1. The SMILES string of the molecule is Cc1ccncc1C(=O)C1(CN)CC1. The highest BCUT2D eigenvalue weighted by atomic mass is 16.1. The molecule has 0 saturated heterocycles. The van der Waals surface area contributed by atoms with E-state index in [4.69, 9.17) is 5.73 Å². The lowest BCUT2D eigenvalue weighted by atomic mass is 9.93. The van der Waals surface area contributed by atoms with Crippen LogP contribution in [0.25, 0.3) is 0 Å². The first-order valence-corrected chi connectivity index (χ1v) is 4.85. The van der Waals surface area contributed by atoms with E-state index < -0.39 is 0 Å². The molecule has 2 rings (SSSR count). The third kappa shape index (κ3) is 1.34. The molecule has 1 fully saturated rings. The molecule has 1 saturated carbocycles. The molecule has 0 aromatic carbocycles. The minimum atomic E-state index is -0.256. The molecular weight excluding hydrogens is 176 g/mol. The number of carbonyl (C=O) groups is 1. The van der Waals surface area contributed by atoms with Gasteiger partial charge in [-0.2, -0.15) is 0 Å².